The smallest absolute Gasteiger partial charge is 0.262 e. The van der Waals surface area contributed by atoms with Crippen molar-refractivity contribution in [2.24, 2.45) is 0 Å². The Morgan fingerprint density at radius 1 is 1.07 bits per heavy atom. The minimum Gasteiger partial charge on any atom is -0.287 e. The average Bonchev–Trinajstić information content (AvgIpc) is 2.69. The van der Waals surface area contributed by atoms with Crippen LogP contribution in [0.2, 0.25) is 0 Å². The summed E-state index contributed by atoms with van der Waals surface area (Å²) in [6.45, 7) is 4.47. The normalized spacial score (nSPS) is 10.3. The molecule has 0 unspecified atom stereocenters. The van der Waals surface area contributed by atoms with Crippen molar-refractivity contribution in [1.82, 2.24) is 14.5 Å². The first-order chi connectivity index (χ1) is 13.1. The van der Waals surface area contributed by atoms with Crippen molar-refractivity contribution in [1.29, 1.82) is 0 Å². The van der Waals surface area contributed by atoms with Gasteiger partial charge in [0.25, 0.3) is 5.56 Å². The summed E-state index contributed by atoms with van der Waals surface area (Å²) in [4.78, 5) is 21.8. The van der Waals surface area contributed by atoms with E-state index in [4.69, 9.17) is 4.98 Å². The lowest BCUT2D eigenvalue weighted by Crippen LogP contribution is -2.25. The minimum atomic E-state index is -0.339. The topological polar surface area (TPSA) is 47.8 Å². The molecule has 0 aliphatic rings. The molecule has 27 heavy (non-hydrogen) atoms. The molecule has 142 valence electrons. The molecule has 0 radical (unpaired) electrons. The van der Waals surface area contributed by atoms with Gasteiger partial charge in [-0.3, -0.25) is 14.3 Å². The molecule has 0 fully saturated rings. The summed E-state index contributed by atoms with van der Waals surface area (Å²) in [5.74, 6) is -0.339. The van der Waals surface area contributed by atoms with Gasteiger partial charge < -0.3 is 0 Å². The fourth-order valence-corrected chi connectivity index (χ4v) is 3.18. The number of benzene rings is 1. The van der Waals surface area contributed by atoms with Crippen molar-refractivity contribution < 1.29 is 4.39 Å². The predicted molar refractivity (Wildman–Crippen MR) is 114 cm³/mol. The van der Waals surface area contributed by atoms with E-state index in [1.807, 2.05) is 32.2 Å². The summed E-state index contributed by atoms with van der Waals surface area (Å²) in [5, 5.41) is 1.72. The van der Waals surface area contributed by atoms with Gasteiger partial charge in [0.1, 0.15) is 5.82 Å². The maximum Gasteiger partial charge on any atom is 0.262 e. The Labute approximate surface area is 171 Å². The molecule has 2 heterocycles. The predicted octanol–water partition coefficient (Wildman–Crippen LogP) is 5.25. The second kappa shape index (κ2) is 10.4. The molecule has 4 nitrogen and oxygen atoms in total. The number of nitrogens with zero attached hydrogens (tertiary/aromatic N) is 3. The summed E-state index contributed by atoms with van der Waals surface area (Å²) >= 11 is 4.57. The van der Waals surface area contributed by atoms with Crippen LogP contribution < -0.4 is 5.56 Å². The third kappa shape index (κ3) is 5.05. The van der Waals surface area contributed by atoms with Gasteiger partial charge in [0.2, 0.25) is 0 Å². The molecule has 0 saturated carbocycles. The lowest BCUT2D eigenvalue weighted by molar-refractivity contribution is 0.625. The summed E-state index contributed by atoms with van der Waals surface area (Å²) in [6, 6.07) is 9.55. The van der Waals surface area contributed by atoms with E-state index >= 15 is 0 Å². The molecule has 0 aliphatic heterocycles. The standard InChI is InChI=1S/C18H16FN3OS.C2H5Br/c1-3-22-17(23)15(12-4-6-14(19)7-5-12)16(21-18(22)24-2)13-8-10-20-11-9-13;1-2-3/h4-11H,3H2,1-2H3;2H2,1H3. The van der Waals surface area contributed by atoms with Crippen LogP contribution in [-0.2, 0) is 6.54 Å². The third-order valence-corrected chi connectivity index (χ3v) is 4.40. The van der Waals surface area contributed by atoms with Gasteiger partial charge in [0.05, 0.1) is 11.3 Å². The Balaban J connectivity index is 0.000000817. The van der Waals surface area contributed by atoms with Crippen molar-refractivity contribution in [2.75, 3.05) is 11.6 Å². The number of aromatic nitrogens is 3. The van der Waals surface area contributed by atoms with E-state index in [9.17, 15) is 9.18 Å². The molecular formula is C20H21BrFN3OS. The molecule has 0 amide bonds. The summed E-state index contributed by atoms with van der Waals surface area (Å²) in [5.41, 5.74) is 2.38. The highest BCUT2D eigenvalue weighted by molar-refractivity contribution is 9.09. The fourth-order valence-electron chi connectivity index (χ4n) is 2.57. The molecule has 0 spiro atoms. The van der Waals surface area contributed by atoms with Crippen LogP contribution in [0.5, 0.6) is 0 Å². The van der Waals surface area contributed by atoms with Crippen LogP contribution >= 0.6 is 27.7 Å². The third-order valence-electron chi connectivity index (χ3n) is 3.72. The van der Waals surface area contributed by atoms with E-state index in [1.54, 1.807) is 29.1 Å². The number of alkyl halides is 1. The molecule has 0 atom stereocenters. The zero-order valence-electron chi connectivity index (χ0n) is 15.4. The van der Waals surface area contributed by atoms with Crippen LogP contribution in [0.25, 0.3) is 22.4 Å². The van der Waals surface area contributed by atoms with Crippen molar-refractivity contribution in [3.8, 4) is 22.4 Å². The van der Waals surface area contributed by atoms with Gasteiger partial charge in [-0.25, -0.2) is 9.37 Å². The first kappa shape index (κ1) is 21.3. The molecule has 0 N–H and O–H groups in total. The minimum absolute atomic E-state index is 0.129. The first-order valence-electron chi connectivity index (χ1n) is 8.48. The van der Waals surface area contributed by atoms with E-state index in [2.05, 4.69) is 20.9 Å². The first-order valence-corrected chi connectivity index (χ1v) is 10.8. The van der Waals surface area contributed by atoms with Crippen LogP contribution in [0, 0.1) is 5.82 Å². The van der Waals surface area contributed by atoms with Gasteiger partial charge in [0, 0.05) is 29.8 Å². The van der Waals surface area contributed by atoms with E-state index in [0.717, 1.165) is 10.9 Å². The Bertz CT molecular complexity index is 930. The Morgan fingerprint density at radius 2 is 1.67 bits per heavy atom. The lowest BCUT2D eigenvalue weighted by atomic mass is 10.0. The largest absolute Gasteiger partial charge is 0.287 e. The van der Waals surface area contributed by atoms with Crippen LogP contribution in [0.3, 0.4) is 0 Å². The lowest BCUT2D eigenvalue weighted by Gasteiger charge is -2.15. The molecule has 1 aromatic carbocycles. The van der Waals surface area contributed by atoms with Crippen molar-refractivity contribution in [3.05, 3.63) is 65.0 Å². The number of hydrogen-bond donors (Lipinski definition) is 0. The Hall–Kier alpha value is -1.99. The van der Waals surface area contributed by atoms with Gasteiger partial charge >= 0.3 is 0 Å². The number of rotatable bonds is 4. The van der Waals surface area contributed by atoms with Crippen LogP contribution in [0.15, 0.2) is 58.7 Å². The molecule has 0 bridgehead atoms. The number of pyridine rings is 1. The molecular weight excluding hydrogens is 429 g/mol. The molecule has 0 saturated heterocycles. The van der Waals surface area contributed by atoms with Crippen LogP contribution in [-0.4, -0.2) is 26.1 Å². The summed E-state index contributed by atoms with van der Waals surface area (Å²) in [6.07, 6.45) is 5.22. The highest BCUT2D eigenvalue weighted by atomic mass is 79.9. The highest BCUT2D eigenvalue weighted by Gasteiger charge is 2.18. The van der Waals surface area contributed by atoms with E-state index in [-0.39, 0.29) is 11.4 Å². The monoisotopic (exact) mass is 449 g/mol. The SMILES string of the molecule is CCBr.CCn1c(SC)nc(-c2ccncc2)c(-c2ccc(F)cc2)c1=O. The van der Waals surface area contributed by atoms with Crippen molar-refractivity contribution >= 4 is 27.7 Å². The van der Waals surface area contributed by atoms with Gasteiger partial charge in [-0.1, -0.05) is 46.7 Å². The van der Waals surface area contributed by atoms with Crippen molar-refractivity contribution in [2.45, 2.75) is 25.5 Å². The van der Waals surface area contributed by atoms with Gasteiger partial charge in [-0.2, -0.15) is 0 Å². The molecule has 2 aromatic heterocycles. The van der Waals surface area contributed by atoms with Crippen LogP contribution in [0.4, 0.5) is 4.39 Å². The van der Waals surface area contributed by atoms with E-state index < -0.39 is 0 Å². The Kier molecular flexibility index (Phi) is 8.19. The van der Waals surface area contributed by atoms with Gasteiger partial charge in [-0.05, 0) is 43.0 Å². The maximum atomic E-state index is 13.3. The van der Waals surface area contributed by atoms with Gasteiger partial charge in [0.15, 0.2) is 5.16 Å². The number of hydrogen-bond acceptors (Lipinski definition) is 4. The van der Waals surface area contributed by atoms with Crippen molar-refractivity contribution in [3.63, 3.8) is 0 Å². The van der Waals surface area contributed by atoms with Crippen LogP contribution in [0.1, 0.15) is 13.8 Å². The number of thioether (sulfide) groups is 1. The van der Waals surface area contributed by atoms with Gasteiger partial charge in [-0.15, -0.1) is 0 Å². The average molecular weight is 450 g/mol. The molecule has 3 aromatic rings. The number of halogens is 2. The van der Waals surface area contributed by atoms with E-state index in [1.165, 1.54) is 23.9 Å². The second-order valence-corrected chi connectivity index (χ2v) is 7.28. The summed E-state index contributed by atoms with van der Waals surface area (Å²) in [7, 11) is 0. The molecule has 7 heteroatoms. The quantitative estimate of drug-likeness (QED) is 0.309. The second-order valence-electron chi connectivity index (χ2n) is 5.38. The van der Waals surface area contributed by atoms with E-state index in [0.29, 0.717) is 28.5 Å². The zero-order valence-corrected chi connectivity index (χ0v) is 17.8. The maximum absolute atomic E-state index is 13.3. The molecule has 0 aliphatic carbocycles. The highest BCUT2D eigenvalue weighted by Crippen LogP contribution is 2.29. The Morgan fingerprint density at radius 3 is 2.19 bits per heavy atom. The molecule has 3 rings (SSSR count). The summed E-state index contributed by atoms with van der Waals surface area (Å²) < 4.78 is 14.9. The fraction of sp³-hybridized carbons (Fsp3) is 0.250. The zero-order chi connectivity index (χ0) is 19.8.